The van der Waals surface area contributed by atoms with Crippen LogP contribution in [0.2, 0.25) is 0 Å². The highest BCUT2D eigenvalue weighted by Gasteiger charge is 2.68. The van der Waals surface area contributed by atoms with Crippen molar-refractivity contribution in [3.63, 3.8) is 0 Å². The van der Waals surface area contributed by atoms with E-state index in [2.05, 4.69) is 27.4 Å². The molecule has 4 aliphatic rings. The molecule has 38 heavy (non-hydrogen) atoms. The number of ether oxygens (including phenoxy) is 2. The van der Waals surface area contributed by atoms with E-state index in [0.29, 0.717) is 37.1 Å². The molecule has 206 valence electrons. The number of hydrogen-bond acceptors (Lipinski definition) is 7. The third-order valence-corrected chi connectivity index (χ3v) is 11.0. The van der Waals surface area contributed by atoms with Gasteiger partial charge in [0.2, 0.25) is 0 Å². The molecule has 0 saturated heterocycles. The number of carbonyl (C=O) groups is 2. The van der Waals surface area contributed by atoms with Crippen molar-refractivity contribution < 1.29 is 33.8 Å². The molecular weight excluding hydrogens is 483 g/mol. The summed E-state index contributed by atoms with van der Waals surface area (Å²) in [5.41, 5.74) is 0.0884. The molecule has 0 unspecified atom stereocenters. The van der Waals surface area contributed by atoms with E-state index < -0.39 is 36.1 Å². The van der Waals surface area contributed by atoms with Gasteiger partial charge in [0.15, 0.2) is 6.61 Å². The van der Waals surface area contributed by atoms with Gasteiger partial charge in [-0.15, -0.1) is 6.58 Å². The van der Waals surface area contributed by atoms with Crippen LogP contribution in [0.15, 0.2) is 30.9 Å². The molecule has 8 heteroatoms. The number of hydrogen-bond donors (Lipinski definition) is 2. The van der Waals surface area contributed by atoms with Crippen LogP contribution in [0.4, 0.5) is 0 Å². The summed E-state index contributed by atoms with van der Waals surface area (Å²) in [7, 11) is -1.01. The highest BCUT2D eigenvalue weighted by molar-refractivity contribution is 6.60. The van der Waals surface area contributed by atoms with Gasteiger partial charge >= 0.3 is 13.1 Å². The summed E-state index contributed by atoms with van der Waals surface area (Å²) in [6.07, 6.45) is 4.70. The summed E-state index contributed by atoms with van der Waals surface area (Å²) in [5, 5.41) is 21.8. The number of esters is 1. The van der Waals surface area contributed by atoms with Crippen LogP contribution >= 0.6 is 0 Å². The van der Waals surface area contributed by atoms with Crippen LogP contribution in [0, 0.1) is 34.0 Å². The molecule has 3 aliphatic carbocycles. The van der Waals surface area contributed by atoms with E-state index in [1.54, 1.807) is 18.2 Å². The molecule has 1 aromatic rings. The Balaban J connectivity index is 1.42. The first-order chi connectivity index (χ1) is 18.0. The Bertz CT molecular complexity index is 1120. The molecule has 1 aromatic carbocycles. The lowest BCUT2D eigenvalue weighted by atomic mass is 9.44. The van der Waals surface area contributed by atoms with E-state index in [0.717, 1.165) is 24.8 Å². The van der Waals surface area contributed by atoms with E-state index in [9.17, 15) is 19.7 Å². The molecule has 3 fully saturated rings. The summed E-state index contributed by atoms with van der Waals surface area (Å²) >= 11 is 0. The van der Waals surface area contributed by atoms with Crippen LogP contribution in [0.1, 0.15) is 65.4 Å². The van der Waals surface area contributed by atoms with Crippen LogP contribution in [-0.4, -0.2) is 54.4 Å². The van der Waals surface area contributed by atoms with Gasteiger partial charge in [-0.2, -0.15) is 0 Å². The second kappa shape index (κ2) is 9.79. The van der Waals surface area contributed by atoms with Crippen molar-refractivity contribution in [2.45, 2.75) is 78.4 Å². The quantitative estimate of drug-likeness (QED) is 0.347. The topological polar surface area (TPSA) is 102 Å². The first-order valence-corrected chi connectivity index (χ1v) is 14.1. The normalized spacial score (nSPS) is 40.4. The molecule has 8 atom stereocenters. The average Bonchev–Trinajstić information content (AvgIpc) is 3.26. The third kappa shape index (κ3) is 4.15. The van der Waals surface area contributed by atoms with Gasteiger partial charge in [-0.1, -0.05) is 39.8 Å². The van der Waals surface area contributed by atoms with Crippen LogP contribution < -0.4 is 10.2 Å². The van der Waals surface area contributed by atoms with Gasteiger partial charge in [0.1, 0.15) is 17.6 Å². The van der Waals surface area contributed by atoms with Crippen molar-refractivity contribution in [1.82, 2.24) is 0 Å². The lowest BCUT2D eigenvalue weighted by Crippen LogP contribution is -2.63. The molecule has 0 amide bonds. The van der Waals surface area contributed by atoms with E-state index in [4.69, 9.17) is 14.1 Å². The second-order valence-corrected chi connectivity index (χ2v) is 12.7. The predicted octanol–water partition coefficient (Wildman–Crippen LogP) is 3.23. The fraction of sp³-hybridized carbons (Fsp3) is 0.667. The maximum atomic E-state index is 13.5. The van der Waals surface area contributed by atoms with Crippen molar-refractivity contribution in [3.8, 4) is 5.75 Å². The molecule has 1 aliphatic heterocycles. The zero-order chi connectivity index (χ0) is 27.5. The van der Waals surface area contributed by atoms with Crippen LogP contribution in [0.5, 0.6) is 5.75 Å². The molecule has 0 spiro atoms. The van der Waals surface area contributed by atoms with E-state index in [1.807, 2.05) is 13.0 Å². The fourth-order valence-corrected chi connectivity index (χ4v) is 8.33. The number of Topliss-reactive ketones (excluding diaryl/α,β-unsaturated/α-hetero) is 1. The summed E-state index contributed by atoms with van der Waals surface area (Å²) in [6.45, 7) is 12.6. The molecule has 2 bridgehead atoms. The van der Waals surface area contributed by atoms with Crippen molar-refractivity contribution >= 4 is 24.3 Å². The minimum atomic E-state index is -1.01. The van der Waals surface area contributed by atoms with Crippen molar-refractivity contribution in [1.29, 1.82) is 0 Å². The Kier molecular flexibility index (Phi) is 7.06. The minimum Gasteiger partial charge on any atom is -0.482 e. The molecule has 1 heterocycles. The summed E-state index contributed by atoms with van der Waals surface area (Å²) in [4.78, 5) is 26.8. The van der Waals surface area contributed by atoms with Crippen molar-refractivity contribution in [2.75, 3.05) is 13.2 Å². The number of aliphatic hydroxyl groups is 1. The summed E-state index contributed by atoms with van der Waals surface area (Å²) in [5.74, 6) is -0.0115. The van der Waals surface area contributed by atoms with Gasteiger partial charge < -0.3 is 24.3 Å². The molecule has 3 saturated carbocycles. The summed E-state index contributed by atoms with van der Waals surface area (Å²) in [6, 6.07) is 5.36. The lowest BCUT2D eigenvalue weighted by molar-refractivity contribution is -0.207. The SMILES string of the molecule is C=C[C@]1(C)C[C@@H](OC(=O)COc2ccc3c(c2)B(O)OCC3)[C@@]2(C)[C@@H]3C(=O)CC[C@@]3(CC[C@@H]2C)[C@@H](C)[C@@H]1O. The van der Waals surface area contributed by atoms with E-state index >= 15 is 0 Å². The maximum absolute atomic E-state index is 13.5. The number of fused-ring (bicyclic) bond motifs is 1. The van der Waals surface area contributed by atoms with Crippen LogP contribution in [0.3, 0.4) is 0 Å². The molecule has 0 radical (unpaired) electrons. The predicted molar refractivity (Wildman–Crippen MR) is 144 cm³/mol. The Morgan fingerprint density at radius 2 is 2.03 bits per heavy atom. The summed E-state index contributed by atoms with van der Waals surface area (Å²) < 4.78 is 17.3. The Morgan fingerprint density at radius 3 is 2.76 bits per heavy atom. The van der Waals surface area contributed by atoms with Gasteiger partial charge in [0.25, 0.3) is 0 Å². The van der Waals surface area contributed by atoms with Crippen LogP contribution in [0.25, 0.3) is 0 Å². The minimum absolute atomic E-state index is 0.0721. The number of benzene rings is 1. The van der Waals surface area contributed by atoms with Crippen molar-refractivity contribution in [3.05, 3.63) is 36.4 Å². The third-order valence-electron chi connectivity index (χ3n) is 11.0. The second-order valence-electron chi connectivity index (χ2n) is 12.7. The van der Waals surface area contributed by atoms with Gasteiger partial charge in [0.05, 0.1) is 6.10 Å². The average molecular weight is 524 g/mol. The van der Waals surface area contributed by atoms with Crippen molar-refractivity contribution in [2.24, 2.45) is 34.0 Å². The van der Waals surface area contributed by atoms with Gasteiger partial charge in [0, 0.05) is 29.8 Å². The smallest absolute Gasteiger partial charge is 0.482 e. The number of carbonyl (C=O) groups excluding carboxylic acids is 2. The highest BCUT2D eigenvalue weighted by atomic mass is 16.6. The number of rotatable bonds is 5. The Hall–Kier alpha value is -2.16. The molecule has 7 nitrogen and oxygen atoms in total. The fourth-order valence-electron chi connectivity index (χ4n) is 8.33. The number of aliphatic hydroxyl groups excluding tert-OH is 1. The van der Waals surface area contributed by atoms with Gasteiger partial charge in [-0.3, -0.25) is 4.79 Å². The van der Waals surface area contributed by atoms with Crippen LogP contribution in [-0.2, 0) is 25.4 Å². The molecular formula is C30H41BO7. The molecule has 0 aromatic heterocycles. The Morgan fingerprint density at radius 1 is 1.26 bits per heavy atom. The largest absolute Gasteiger partial charge is 0.491 e. The van der Waals surface area contributed by atoms with E-state index in [1.165, 1.54) is 0 Å². The first-order valence-electron chi connectivity index (χ1n) is 14.1. The monoisotopic (exact) mass is 524 g/mol. The molecule has 5 rings (SSSR count). The van der Waals surface area contributed by atoms with Gasteiger partial charge in [-0.05, 0) is 72.5 Å². The lowest BCUT2D eigenvalue weighted by Gasteiger charge is -2.61. The number of ketones is 1. The molecule has 2 N–H and O–H groups in total. The maximum Gasteiger partial charge on any atom is 0.491 e. The zero-order valence-corrected chi connectivity index (χ0v) is 23.1. The zero-order valence-electron chi connectivity index (χ0n) is 23.1. The highest BCUT2D eigenvalue weighted by Crippen LogP contribution is 2.68. The van der Waals surface area contributed by atoms with E-state index in [-0.39, 0.29) is 35.6 Å². The Labute approximate surface area is 226 Å². The standard InChI is InChI=1S/C30H41BO7/c1-6-28(4)16-24(38-25(33)17-36-21-8-7-20-11-14-37-31(35)22(20)15-21)29(5)18(2)9-12-30(19(3)27(28)34)13-10-23(32)26(29)30/h6-8,15,18-19,24,26-27,34-35H,1,9-14,16-17H2,2-5H3/t18-,19-,24+,26-,27-,28+,29-,30-/m0/s1. The first kappa shape index (κ1) is 27.4. The van der Waals surface area contributed by atoms with Gasteiger partial charge in [-0.25, -0.2) is 4.79 Å².